The largest absolute Gasteiger partial charge is 0.495 e. The lowest BCUT2D eigenvalue weighted by molar-refractivity contribution is -0.113. The Morgan fingerprint density at radius 3 is 2.76 bits per heavy atom. The number of carbonyl (C=O) groups excluding carboxylic acids is 1. The quantitative estimate of drug-likeness (QED) is 0.651. The lowest BCUT2D eigenvalue weighted by Crippen LogP contribution is -2.31. The number of tetrazole rings is 1. The maximum Gasteiger partial charge on any atom is 0.255 e. The van der Waals surface area contributed by atoms with Crippen LogP contribution in [0, 0.1) is 0 Å². The van der Waals surface area contributed by atoms with Crippen LogP contribution in [0.25, 0.3) is 0 Å². The van der Waals surface area contributed by atoms with Crippen molar-refractivity contribution in [2.24, 2.45) is 0 Å². The highest BCUT2D eigenvalue weighted by Crippen LogP contribution is 2.37. The van der Waals surface area contributed by atoms with Crippen molar-refractivity contribution >= 4 is 40.7 Å². The highest BCUT2D eigenvalue weighted by molar-refractivity contribution is 6.42. The maximum absolute atomic E-state index is 13.3. The number of halogens is 2. The fourth-order valence-corrected chi connectivity index (χ4v) is 3.54. The van der Waals surface area contributed by atoms with Crippen LogP contribution in [0.4, 0.5) is 11.6 Å². The Bertz CT molecular complexity index is 1130. The van der Waals surface area contributed by atoms with Crippen LogP contribution >= 0.6 is 23.2 Å². The van der Waals surface area contributed by atoms with E-state index in [4.69, 9.17) is 27.9 Å². The lowest BCUT2D eigenvalue weighted by atomic mass is 9.95. The summed E-state index contributed by atoms with van der Waals surface area (Å²) in [6.07, 6.45) is 0. The molecule has 1 atom stereocenters. The van der Waals surface area contributed by atoms with Gasteiger partial charge in [0.15, 0.2) is 0 Å². The molecule has 2 heterocycles. The second kappa shape index (κ2) is 7.73. The molecule has 10 heteroatoms. The highest BCUT2D eigenvalue weighted by atomic mass is 35.5. The van der Waals surface area contributed by atoms with Gasteiger partial charge in [0, 0.05) is 5.70 Å². The van der Waals surface area contributed by atoms with Crippen LogP contribution in [0.2, 0.25) is 10.0 Å². The van der Waals surface area contributed by atoms with Crippen LogP contribution in [-0.4, -0.2) is 33.2 Å². The molecule has 1 aromatic heterocycles. The van der Waals surface area contributed by atoms with Crippen molar-refractivity contribution in [1.82, 2.24) is 20.2 Å². The van der Waals surface area contributed by atoms with E-state index in [1.807, 2.05) is 12.1 Å². The minimum atomic E-state index is -0.592. The molecule has 3 aromatic rings. The number of fused-ring (bicyclic) bond motifs is 1. The van der Waals surface area contributed by atoms with Crippen LogP contribution in [0.15, 0.2) is 53.7 Å². The molecule has 0 aliphatic carbocycles. The summed E-state index contributed by atoms with van der Waals surface area (Å²) in [5, 5.41) is 18.5. The summed E-state index contributed by atoms with van der Waals surface area (Å²) in [4.78, 5) is 13.3. The summed E-state index contributed by atoms with van der Waals surface area (Å²) in [7, 11) is 1.55. The first-order valence-corrected chi connectivity index (χ1v) is 9.40. The number of ether oxygens (including phenoxy) is 1. The van der Waals surface area contributed by atoms with Gasteiger partial charge in [0.25, 0.3) is 5.91 Å². The Kier molecular flexibility index (Phi) is 5.12. The topological polar surface area (TPSA) is 94.0 Å². The number of amides is 1. The van der Waals surface area contributed by atoms with Crippen molar-refractivity contribution in [3.05, 3.63) is 69.3 Å². The number of hydrogen-bond donors (Lipinski definition) is 2. The molecule has 29 heavy (non-hydrogen) atoms. The van der Waals surface area contributed by atoms with Gasteiger partial charge in [0.2, 0.25) is 5.95 Å². The number of methoxy groups -OCH3 is 1. The number of anilines is 2. The van der Waals surface area contributed by atoms with Crippen LogP contribution in [0.1, 0.15) is 18.5 Å². The molecule has 0 bridgehead atoms. The summed E-state index contributed by atoms with van der Waals surface area (Å²) in [6.45, 7) is 1.79. The van der Waals surface area contributed by atoms with Gasteiger partial charge >= 0.3 is 0 Å². The average Bonchev–Trinajstić information content (AvgIpc) is 3.17. The number of carbonyl (C=O) groups is 1. The van der Waals surface area contributed by atoms with Gasteiger partial charge in [-0.1, -0.05) is 46.5 Å². The molecule has 148 valence electrons. The molecule has 0 saturated carbocycles. The zero-order valence-corrected chi connectivity index (χ0v) is 17.0. The molecule has 1 aliphatic heterocycles. The van der Waals surface area contributed by atoms with Gasteiger partial charge in [-0.25, -0.2) is 0 Å². The fourth-order valence-electron chi connectivity index (χ4n) is 3.23. The molecule has 1 unspecified atom stereocenters. The van der Waals surface area contributed by atoms with Crippen LogP contribution in [0.3, 0.4) is 0 Å². The summed E-state index contributed by atoms with van der Waals surface area (Å²) in [6, 6.07) is 11.8. The monoisotopic (exact) mass is 430 g/mol. The van der Waals surface area contributed by atoms with Crippen molar-refractivity contribution in [2.45, 2.75) is 13.0 Å². The molecule has 4 rings (SSSR count). The standard InChI is InChI=1S/C19H16Cl2N6O2/c1-10-16(18(28)23-14-5-3-4-6-15(14)29-2)17(27-19(22-10)24-25-26-27)11-7-8-12(20)13(21)9-11/h3-9,17H,1-2H3,(H,23,28)(H,22,24,26). The number of benzene rings is 2. The molecule has 2 N–H and O–H groups in total. The number of para-hydroxylation sites is 2. The number of hydrogen-bond acceptors (Lipinski definition) is 6. The van der Waals surface area contributed by atoms with E-state index in [9.17, 15) is 4.79 Å². The predicted octanol–water partition coefficient (Wildman–Crippen LogP) is 3.92. The maximum atomic E-state index is 13.3. The van der Waals surface area contributed by atoms with E-state index in [1.165, 1.54) is 4.68 Å². The lowest BCUT2D eigenvalue weighted by Gasteiger charge is -2.28. The molecular formula is C19H16Cl2N6O2. The first-order chi connectivity index (χ1) is 14.0. The SMILES string of the molecule is COc1ccccc1NC(=O)C1=C(C)Nc2nnnn2C1c1ccc(Cl)c(Cl)c1. The number of nitrogens with zero attached hydrogens (tertiary/aromatic N) is 4. The van der Waals surface area contributed by atoms with Gasteiger partial charge in [0.05, 0.1) is 28.4 Å². The first-order valence-electron chi connectivity index (χ1n) is 8.64. The second-order valence-corrected chi connectivity index (χ2v) is 7.16. The van der Waals surface area contributed by atoms with Crippen molar-refractivity contribution < 1.29 is 9.53 Å². The third kappa shape index (κ3) is 3.52. The second-order valence-electron chi connectivity index (χ2n) is 6.34. The van der Waals surface area contributed by atoms with Gasteiger partial charge < -0.3 is 15.4 Å². The van der Waals surface area contributed by atoms with Crippen molar-refractivity contribution in [3.8, 4) is 5.75 Å². The van der Waals surface area contributed by atoms with Gasteiger partial charge in [-0.05, 0) is 47.2 Å². The molecule has 0 spiro atoms. The van der Waals surface area contributed by atoms with Crippen molar-refractivity contribution in [3.63, 3.8) is 0 Å². The van der Waals surface area contributed by atoms with E-state index in [1.54, 1.807) is 44.4 Å². The van der Waals surface area contributed by atoms with Gasteiger partial charge in [0.1, 0.15) is 11.8 Å². The Morgan fingerprint density at radius 2 is 2.00 bits per heavy atom. The van der Waals surface area contributed by atoms with Gasteiger partial charge in [-0.15, -0.1) is 0 Å². The Morgan fingerprint density at radius 1 is 1.21 bits per heavy atom. The molecule has 8 nitrogen and oxygen atoms in total. The molecule has 0 fully saturated rings. The van der Waals surface area contributed by atoms with Crippen molar-refractivity contribution in [1.29, 1.82) is 0 Å². The van der Waals surface area contributed by atoms with E-state index in [0.29, 0.717) is 38.7 Å². The van der Waals surface area contributed by atoms with Crippen molar-refractivity contribution in [2.75, 3.05) is 17.7 Å². The molecule has 2 aromatic carbocycles. The fraction of sp³-hybridized carbons (Fsp3) is 0.158. The Hall–Kier alpha value is -3.10. The van der Waals surface area contributed by atoms with Gasteiger partial charge in [-0.3, -0.25) is 4.79 Å². The molecule has 1 aliphatic rings. The Balaban J connectivity index is 1.78. The normalized spacial score (nSPS) is 15.5. The number of nitrogens with one attached hydrogen (secondary N) is 2. The summed E-state index contributed by atoms with van der Waals surface area (Å²) < 4.78 is 6.86. The smallest absolute Gasteiger partial charge is 0.255 e. The van der Waals surface area contributed by atoms with E-state index in [2.05, 4.69) is 26.2 Å². The van der Waals surface area contributed by atoms with E-state index in [-0.39, 0.29) is 5.91 Å². The third-order valence-electron chi connectivity index (χ3n) is 4.57. The third-order valence-corrected chi connectivity index (χ3v) is 5.31. The Labute approximate surface area is 176 Å². The van der Waals surface area contributed by atoms with Crippen LogP contribution in [-0.2, 0) is 4.79 Å². The zero-order chi connectivity index (χ0) is 20.5. The van der Waals surface area contributed by atoms with E-state index < -0.39 is 6.04 Å². The summed E-state index contributed by atoms with van der Waals surface area (Å²) >= 11 is 12.3. The highest BCUT2D eigenvalue weighted by Gasteiger charge is 2.34. The number of rotatable bonds is 4. The van der Waals surface area contributed by atoms with E-state index >= 15 is 0 Å². The molecule has 0 saturated heterocycles. The first kappa shape index (κ1) is 19.2. The van der Waals surface area contributed by atoms with Crippen LogP contribution < -0.4 is 15.4 Å². The number of aromatic nitrogens is 4. The minimum absolute atomic E-state index is 0.322. The van der Waals surface area contributed by atoms with Crippen LogP contribution in [0.5, 0.6) is 5.75 Å². The average molecular weight is 431 g/mol. The zero-order valence-electron chi connectivity index (χ0n) is 15.5. The minimum Gasteiger partial charge on any atom is -0.495 e. The molecular weight excluding hydrogens is 415 g/mol. The molecule has 1 amide bonds. The number of allylic oxidation sites excluding steroid dienone is 1. The van der Waals surface area contributed by atoms with Gasteiger partial charge in [-0.2, -0.15) is 4.68 Å². The summed E-state index contributed by atoms with van der Waals surface area (Å²) in [5.41, 5.74) is 2.33. The predicted molar refractivity (Wildman–Crippen MR) is 110 cm³/mol. The van der Waals surface area contributed by atoms with E-state index in [0.717, 1.165) is 5.56 Å². The summed E-state index contributed by atoms with van der Waals surface area (Å²) in [5.74, 6) is 0.654. The molecule has 0 radical (unpaired) electrons.